The third-order valence-electron chi connectivity index (χ3n) is 3.77. The number of likely N-dealkylation sites (tertiary alicyclic amines) is 1. The van der Waals surface area contributed by atoms with Gasteiger partial charge < -0.3 is 10.2 Å². The van der Waals surface area contributed by atoms with Crippen molar-refractivity contribution in [3.05, 3.63) is 22.4 Å². The highest BCUT2D eigenvalue weighted by Crippen LogP contribution is 2.19. The predicted octanol–water partition coefficient (Wildman–Crippen LogP) is 2.96. The van der Waals surface area contributed by atoms with Crippen LogP contribution in [0.4, 0.5) is 0 Å². The fraction of sp³-hybridized carbons (Fsp3) is 0.714. The quantitative estimate of drug-likeness (QED) is 0.783. The highest BCUT2D eigenvalue weighted by Gasteiger charge is 2.16. The van der Waals surface area contributed by atoms with Crippen LogP contribution in [0.15, 0.2) is 17.5 Å². The van der Waals surface area contributed by atoms with Crippen LogP contribution in [0, 0.1) is 5.92 Å². The zero-order chi connectivity index (χ0) is 11.9. The summed E-state index contributed by atoms with van der Waals surface area (Å²) in [5.74, 6) is 0.991. The van der Waals surface area contributed by atoms with Crippen molar-refractivity contribution in [2.45, 2.75) is 32.7 Å². The van der Waals surface area contributed by atoms with Gasteiger partial charge in [-0.25, -0.2) is 0 Å². The molecule has 0 radical (unpaired) electrons. The maximum Gasteiger partial charge on any atom is 0.0300 e. The van der Waals surface area contributed by atoms with Crippen LogP contribution < -0.4 is 5.32 Å². The Kier molecular flexibility index (Phi) is 5.49. The first kappa shape index (κ1) is 13.1. The minimum Gasteiger partial charge on any atom is -0.311 e. The van der Waals surface area contributed by atoms with Gasteiger partial charge >= 0.3 is 0 Å². The number of hydrogen-bond acceptors (Lipinski definition) is 3. The van der Waals surface area contributed by atoms with Gasteiger partial charge in [0.15, 0.2) is 0 Å². The molecule has 1 aromatic rings. The van der Waals surface area contributed by atoms with Gasteiger partial charge in [-0.05, 0) is 43.3 Å². The molecule has 2 heterocycles. The second-order valence-electron chi connectivity index (χ2n) is 4.95. The van der Waals surface area contributed by atoms with Crippen molar-refractivity contribution in [1.82, 2.24) is 10.2 Å². The van der Waals surface area contributed by atoms with Gasteiger partial charge in [-0.2, -0.15) is 0 Å². The maximum absolute atomic E-state index is 3.53. The average Bonchev–Trinajstić information content (AvgIpc) is 2.88. The minimum absolute atomic E-state index is 0.991. The van der Waals surface area contributed by atoms with Crippen molar-refractivity contribution < 1.29 is 0 Å². The Hall–Kier alpha value is -0.380. The summed E-state index contributed by atoms with van der Waals surface area (Å²) in [6.07, 6.45) is 4.17. The van der Waals surface area contributed by atoms with E-state index in [1.165, 1.54) is 43.8 Å². The number of rotatable bonds is 6. The lowest BCUT2D eigenvalue weighted by atomic mass is 9.94. The second-order valence-corrected chi connectivity index (χ2v) is 5.98. The first-order valence-corrected chi connectivity index (χ1v) is 7.72. The van der Waals surface area contributed by atoms with E-state index in [0.717, 1.165) is 19.0 Å². The lowest BCUT2D eigenvalue weighted by Gasteiger charge is -2.31. The number of piperidine rings is 1. The molecule has 1 aliphatic rings. The zero-order valence-electron chi connectivity index (χ0n) is 10.8. The average molecular weight is 252 g/mol. The van der Waals surface area contributed by atoms with Crippen molar-refractivity contribution in [1.29, 1.82) is 0 Å². The molecule has 0 amide bonds. The standard InChI is InChI=1S/C14H24N2S/c1-2-13-5-8-16(9-6-13)10-7-15-12-14-4-3-11-17-14/h3-4,11,13,15H,2,5-10,12H2,1H3. The van der Waals surface area contributed by atoms with Crippen LogP contribution in [-0.4, -0.2) is 31.1 Å². The molecule has 0 bridgehead atoms. The Bertz CT molecular complexity index is 289. The smallest absolute Gasteiger partial charge is 0.0300 e. The lowest BCUT2D eigenvalue weighted by molar-refractivity contribution is 0.182. The van der Waals surface area contributed by atoms with Crippen LogP contribution in [0.2, 0.25) is 0 Å². The second kappa shape index (κ2) is 7.14. The normalized spacial score (nSPS) is 18.6. The molecule has 17 heavy (non-hydrogen) atoms. The SMILES string of the molecule is CCC1CCN(CCNCc2cccs2)CC1. The molecule has 0 atom stereocenters. The Morgan fingerprint density at radius 1 is 1.41 bits per heavy atom. The molecular weight excluding hydrogens is 228 g/mol. The van der Waals surface area contributed by atoms with Crippen molar-refractivity contribution in [2.24, 2.45) is 5.92 Å². The molecule has 0 saturated carbocycles. The highest BCUT2D eigenvalue weighted by molar-refractivity contribution is 7.09. The van der Waals surface area contributed by atoms with Gasteiger partial charge in [0, 0.05) is 24.5 Å². The minimum atomic E-state index is 0.991. The van der Waals surface area contributed by atoms with E-state index in [1.54, 1.807) is 0 Å². The molecule has 1 aromatic heterocycles. The van der Waals surface area contributed by atoms with Crippen LogP contribution in [-0.2, 0) is 6.54 Å². The zero-order valence-corrected chi connectivity index (χ0v) is 11.6. The van der Waals surface area contributed by atoms with Gasteiger partial charge in [0.05, 0.1) is 0 Å². The van der Waals surface area contributed by atoms with Gasteiger partial charge in [0.1, 0.15) is 0 Å². The third-order valence-corrected chi connectivity index (χ3v) is 4.65. The molecule has 1 aliphatic heterocycles. The summed E-state index contributed by atoms with van der Waals surface area (Å²) in [6, 6.07) is 4.32. The summed E-state index contributed by atoms with van der Waals surface area (Å²) >= 11 is 1.84. The Labute approximate surface area is 109 Å². The topological polar surface area (TPSA) is 15.3 Å². The molecule has 0 spiro atoms. The Balaban J connectivity index is 1.54. The lowest BCUT2D eigenvalue weighted by Crippen LogP contribution is -2.38. The monoisotopic (exact) mass is 252 g/mol. The van der Waals surface area contributed by atoms with Crippen LogP contribution in [0.3, 0.4) is 0 Å². The summed E-state index contributed by atoms with van der Waals surface area (Å²) in [5, 5.41) is 5.67. The molecular formula is C14H24N2S. The van der Waals surface area contributed by atoms with Crippen molar-refractivity contribution >= 4 is 11.3 Å². The summed E-state index contributed by atoms with van der Waals surface area (Å²) < 4.78 is 0. The highest BCUT2D eigenvalue weighted by atomic mass is 32.1. The number of hydrogen-bond donors (Lipinski definition) is 1. The number of nitrogens with one attached hydrogen (secondary N) is 1. The first-order valence-electron chi connectivity index (χ1n) is 6.84. The number of nitrogens with zero attached hydrogens (tertiary/aromatic N) is 1. The third kappa shape index (κ3) is 4.41. The Morgan fingerprint density at radius 2 is 2.24 bits per heavy atom. The van der Waals surface area contributed by atoms with E-state index < -0.39 is 0 Å². The van der Waals surface area contributed by atoms with E-state index in [0.29, 0.717) is 0 Å². The van der Waals surface area contributed by atoms with Crippen LogP contribution in [0.5, 0.6) is 0 Å². The molecule has 2 nitrogen and oxygen atoms in total. The predicted molar refractivity (Wildman–Crippen MR) is 75.5 cm³/mol. The fourth-order valence-corrected chi connectivity index (χ4v) is 3.15. The van der Waals surface area contributed by atoms with E-state index in [-0.39, 0.29) is 0 Å². The van der Waals surface area contributed by atoms with E-state index in [4.69, 9.17) is 0 Å². The van der Waals surface area contributed by atoms with Gasteiger partial charge in [-0.3, -0.25) is 0 Å². The van der Waals surface area contributed by atoms with Gasteiger partial charge in [-0.15, -0.1) is 11.3 Å². The molecule has 96 valence electrons. The molecule has 0 unspecified atom stereocenters. The molecule has 3 heteroatoms. The van der Waals surface area contributed by atoms with Gasteiger partial charge in [-0.1, -0.05) is 19.4 Å². The van der Waals surface area contributed by atoms with Crippen LogP contribution in [0.25, 0.3) is 0 Å². The van der Waals surface area contributed by atoms with E-state index >= 15 is 0 Å². The molecule has 1 fully saturated rings. The molecule has 0 aliphatic carbocycles. The number of thiophene rings is 1. The fourth-order valence-electron chi connectivity index (χ4n) is 2.48. The van der Waals surface area contributed by atoms with Crippen LogP contribution in [0.1, 0.15) is 31.1 Å². The summed E-state index contributed by atoms with van der Waals surface area (Å²) in [6.45, 7) is 8.29. The van der Waals surface area contributed by atoms with E-state index in [1.807, 2.05) is 11.3 Å². The molecule has 1 saturated heterocycles. The molecule has 0 aromatic carbocycles. The maximum atomic E-state index is 3.53. The first-order chi connectivity index (χ1) is 8.38. The largest absolute Gasteiger partial charge is 0.311 e. The van der Waals surface area contributed by atoms with Crippen LogP contribution >= 0.6 is 11.3 Å². The Morgan fingerprint density at radius 3 is 2.88 bits per heavy atom. The molecule has 2 rings (SSSR count). The molecule has 1 N–H and O–H groups in total. The van der Waals surface area contributed by atoms with Crippen molar-refractivity contribution in [3.8, 4) is 0 Å². The van der Waals surface area contributed by atoms with Gasteiger partial charge in [0.2, 0.25) is 0 Å². The summed E-state index contributed by atoms with van der Waals surface area (Å²) in [4.78, 5) is 4.04. The summed E-state index contributed by atoms with van der Waals surface area (Å²) in [5.41, 5.74) is 0. The van der Waals surface area contributed by atoms with Crippen molar-refractivity contribution in [2.75, 3.05) is 26.2 Å². The van der Waals surface area contributed by atoms with Gasteiger partial charge in [0.25, 0.3) is 0 Å². The van der Waals surface area contributed by atoms with E-state index in [9.17, 15) is 0 Å². The van der Waals surface area contributed by atoms with Crippen molar-refractivity contribution in [3.63, 3.8) is 0 Å². The summed E-state index contributed by atoms with van der Waals surface area (Å²) in [7, 11) is 0. The van der Waals surface area contributed by atoms with E-state index in [2.05, 4.69) is 34.7 Å².